The lowest BCUT2D eigenvalue weighted by Crippen LogP contribution is -2.26. The van der Waals surface area contributed by atoms with Gasteiger partial charge in [-0.2, -0.15) is 0 Å². The number of rotatable bonds is 6. The highest BCUT2D eigenvalue weighted by atomic mass is 19.1. The third-order valence-electron chi connectivity index (χ3n) is 4.53. The van der Waals surface area contributed by atoms with E-state index >= 15 is 0 Å². The number of hydrogen-bond donors (Lipinski definition) is 2. The molecular weight excluding hydrogens is 367 g/mol. The summed E-state index contributed by atoms with van der Waals surface area (Å²) in [5, 5.41) is 5.99. The monoisotopic (exact) mass is 392 g/mol. The number of halogens is 1. The van der Waals surface area contributed by atoms with Crippen LogP contribution in [0.2, 0.25) is 0 Å². The smallest absolute Gasteiger partial charge is 0.254 e. The first-order valence-corrected chi connectivity index (χ1v) is 9.55. The predicted molar refractivity (Wildman–Crippen MR) is 113 cm³/mol. The van der Waals surface area contributed by atoms with Crippen molar-refractivity contribution in [2.75, 3.05) is 11.9 Å². The van der Waals surface area contributed by atoms with E-state index in [0.717, 1.165) is 11.3 Å². The molecule has 0 bridgehead atoms. The van der Waals surface area contributed by atoms with Crippen LogP contribution >= 0.6 is 0 Å². The zero-order valence-electron chi connectivity index (χ0n) is 16.9. The number of carbonyl (C=O) groups is 1. The van der Waals surface area contributed by atoms with E-state index in [0.29, 0.717) is 30.0 Å². The zero-order chi connectivity index (χ0) is 20.9. The van der Waals surface area contributed by atoms with Crippen molar-refractivity contribution >= 4 is 17.5 Å². The maximum Gasteiger partial charge on any atom is 0.254 e. The molecule has 6 heteroatoms. The average Bonchev–Trinajstić information content (AvgIpc) is 2.69. The number of anilines is 2. The Bertz CT molecular complexity index is 981. The number of carbonyl (C=O) groups excluding carboxylic acids is 1. The fraction of sp³-hybridized carbons (Fsp3) is 0.261. The number of aromatic nitrogens is 2. The summed E-state index contributed by atoms with van der Waals surface area (Å²) < 4.78 is 13.6. The zero-order valence-corrected chi connectivity index (χ0v) is 16.9. The van der Waals surface area contributed by atoms with E-state index in [4.69, 9.17) is 0 Å². The summed E-state index contributed by atoms with van der Waals surface area (Å²) >= 11 is 0. The van der Waals surface area contributed by atoms with E-state index in [1.807, 2.05) is 18.2 Å². The van der Waals surface area contributed by atoms with E-state index in [9.17, 15) is 9.18 Å². The number of nitrogens with one attached hydrogen (secondary N) is 2. The van der Waals surface area contributed by atoms with Crippen LogP contribution in [0.25, 0.3) is 0 Å². The van der Waals surface area contributed by atoms with Gasteiger partial charge in [-0.1, -0.05) is 57.2 Å². The first-order chi connectivity index (χ1) is 13.8. The molecule has 2 aromatic carbocycles. The summed E-state index contributed by atoms with van der Waals surface area (Å²) in [5.41, 5.74) is 2.98. The molecule has 3 rings (SSSR count). The maximum absolute atomic E-state index is 13.6. The van der Waals surface area contributed by atoms with Gasteiger partial charge in [0.05, 0.1) is 5.56 Å². The van der Waals surface area contributed by atoms with E-state index in [1.54, 1.807) is 18.2 Å². The summed E-state index contributed by atoms with van der Waals surface area (Å²) in [4.78, 5) is 20.8. The third kappa shape index (κ3) is 5.38. The lowest BCUT2D eigenvalue weighted by molar-refractivity contribution is 0.0953. The second kappa shape index (κ2) is 8.82. The molecule has 0 aliphatic carbocycles. The van der Waals surface area contributed by atoms with Gasteiger partial charge in [0, 0.05) is 24.6 Å². The van der Waals surface area contributed by atoms with Crippen molar-refractivity contribution in [3.05, 3.63) is 83.4 Å². The Morgan fingerprint density at radius 1 is 1.00 bits per heavy atom. The van der Waals surface area contributed by atoms with Crippen molar-refractivity contribution in [1.29, 1.82) is 0 Å². The van der Waals surface area contributed by atoms with Gasteiger partial charge in [-0.25, -0.2) is 14.4 Å². The first-order valence-electron chi connectivity index (χ1n) is 9.55. The van der Waals surface area contributed by atoms with Crippen molar-refractivity contribution < 1.29 is 9.18 Å². The topological polar surface area (TPSA) is 66.9 Å². The van der Waals surface area contributed by atoms with Crippen LogP contribution in [-0.4, -0.2) is 22.4 Å². The largest absolute Gasteiger partial charge is 0.352 e. The fourth-order valence-electron chi connectivity index (χ4n) is 2.99. The van der Waals surface area contributed by atoms with Gasteiger partial charge in [-0.3, -0.25) is 4.79 Å². The molecule has 1 amide bonds. The second-order valence-electron chi connectivity index (χ2n) is 7.81. The Kier molecular flexibility index (Phi) is 6.22. The van der Waals surface area contributed by atoms with E-state index in [2.05, 4.69) is 47.4 Å². The summed E-state index contributed by atoms with van der Waals surface area (Å²) in [6, 6.07) is 14.5. The lowest BCUT2D eigenvalue weighted by Gasteiger charge is -2.22. The Morgan fingerprint density at radius 2 is 1.66 bits per heavy atom. The van der Waals surface area contributed by atoms with E-state index < -0.39 is 0 Å². The quantitative estimate of drug-likeness (QED) is 0.642. The molecule has 29 heavy (non-hydrogen) atoms. The molecule has 0 radical (unpaired) electrons. The van der Waals surface area contributed by atoms with Gasteiger partial charge in [0.15, 0.2) is 0 Å². The molecule has 0 unspecified atom stereocenters. The summed E-state index contributed by atoms with van der Waals surface area (Å²) in [5.74, 6) is -0.136. The van der Waals surface area contributed by atoms with Gasteiger partial charge >= 0.3 is 0 Å². The van der Waals surface area contributed by atoms with Crippen molar-refractivity contribution in [3.8, 4) is 0 Å². The van der Waals surface area contributed by atoms with E-state index in [1.165, 1.54) is 18.5 Å². The summed E-state index contributed by atoms with van der Waals surface area (Å²) in [7, 11) is 0. The van der Waals surface area contributed by atoms with Crippen molar-refractivity contribution in [1.82, 2.24) is 15.3 Å². The highest BCUT2D eigenvalue weighted by molar-refractivity contribution is 5.93. The van der Waals surface area contributed by atoms with Crippen LogP contribution in [0.3, 0.4) is 0 Å². The van der Waals surface area contributed by atoms with Crippen molar-refractivity contribution in [2.45, 2.75) is 32.6 Å². The molecule has 0 saturated carbocycles. The molecule has 0 aliphatic rings. The Labute approximate surface area is 170 Å². The molecule has 150 valence electrons. The van der Waals surface area contributed by atoms with Gasteiger partial charge < -0.3 is 10.6 Å². The van der Waals surface area contributed by atoms with Gasteiger partial charge in [0.2, 0.25) is 5.95 Å². The van der Waals surface area contributed by atoms with Crippen LogP contribution in [0.4, 0.5) is 16.0 Å². The molecule has 0 fully saturated rings. The molecule has 0 saturated heterocycles. The van der Waals surface area contributed by atoms with Gasteiger partial charge in [-0.15, -0.1) is 0 Å². The van der Waals surface area contributed by atoms with Gasteiger partial charge in [0.25, 0.3) is 5.91 Å². The van der Waals surface area contributed by atoms with Crippen LogP contribution in [0.15, 0.2) is 60.9 Å². The Hall–Kier alpha value is -3.28. The molecule has 2 N–H and O–H groups in total. The molecular formula is C23H25FN4O. The molecule has 0 atom stereocenters. The number of nitrogens with zero attached hydrogens (tertiary/aromatic N) is 2. The SMILES string of the molecule is CC(C)(C)c1ccccc1Nc1ncc(C(=O)NCCc2ccccc2F)cn1. The normalized spacial score (nSPS) is 11.2. The van der Waals surface area contributed by atoms with Gasteiger partial charge in [-0.05, 0) is 35.1 Å². The molecule has 3 aromatic rings. The van der Waals surface area contributed by atoms with Crippen LogP contribution in [0, 0.1) is 5.82 Å². The van der Waals surface area contributed by atoms with Gasteiger partial charge in [0.1, 0.15) is 5.82 Å². The highest BCUT2D eigenvalue weighted by Gasteiger charge is 2.18. The minimum Gasteiger partial charge on any atom is -0.352 e. The molecule has 0 spiro atoms. The Morgan fingerprint density at radius 3 is 2.34 bits per heavy atom. The Balaban J connectivity index is 1.60. The average molecular weight is 392 g/mol. The van der Waals surface area contributed by atoms with Crippen molar-refractivity contribution in [3.63, 3.8) is 0 Å². The fourth-order valence-corrected chi connectivity index (χ4v) is 2.99. The lowest BCUT2D eigenvalue weighted by atomic mass is 9.86. The molecule has 0 aliphatic heterocycles. The third-order valence-corrected chi connectivity index (χ3v) is 4.53. The molecule has 1 aromatic heterocycles. The number of para-hydroxylation sites is 1. The van der Waals surface area contributed by atoms with Crippen molar-refractivity contribution in [2.24, 2.45) is 0 Å². The minimum absolute atomic E-state index is 0.0261. The van der Waals surface area contributed by atoms with E-state index in [-0.39, 0.29) is 17.1 Å². The van der Waals surface area contributed by atoms with Crippen LogP contribution < -0.4 is 10.6 Å². The summed E-state index contributed by atoms with van der Waals surface area (Å²) in [6.07, 6.45) is 3.38. The van der Waals surface area contributed by atoms with Crippen LogP contribution in [0.1, 0.15) is 42.3 Å². The minimum atomic E-state index is -0.289. The first kappa shape index (κ1) is 20.5. The predicted octanol–water partition coefficient (Wildman–Crippen LogP) is 4.63. The van der Waals surface area contributed by atoms with Crippen LogP contribution in [-0.2, 0) is 11.8 Å². The number of hydrogen-bond acceptors (Lipinski definition) is 4. The maximum atomic E-state index is 13.6. The number of amides is 1. The number of benzene rings is 2. The summed E-state index contributed by atoms with van der Waals surface area (Å²) in [6.45, 7) is 6.76. The second-order valence-corrected chi connectivity index (χ2v) is 7.81. The highest BCUT2D eigenvalue weighted by Crippen LogP contribution is 2.30. The molecule has 5 nitrogen and oxygen atoms in total. The molecule has 1 heterocycles. The van der Waals surface area contributed by atoms with Crippen LogP contribution in [0.5, 0.6) is 0 Å². The standard InChI is InChI=1S/C23H25FN4O/c1-23(2,3)18-9-5-7-11-20(18)28-22-26-14-17(15-27-22)21(29)25-13-12-16-8-4-6-10-19(16)24/h4-11,14-15H,12-13H2,1-3H3,(H,25,29)(H,26,27,28).